The molecular weight excluding hydrogens is 240 g/mol. The first-order valence-corrected chi connectivity index (χ1v) is 6.91. The Bertz CT molecular complexity index is 414. The fourth-order valence-electron chi connectivity index (χ4n) is 2.18. The van der Waals surface area contributed by atoms with Gasteiger partial charge in [0.2, 0.25) is 0 Å². The summed E-state index contributed by atoms with van der Waals surface area (Å²) in [5.74, 6) is 5.67. The summed E-state index contributed by atoms with van der Waals surface area (Å²) in [5, 5.41) is 0. The summed E-state index contributed by atoms with van der Waals surface area (Å²) >= 11 is 0. The molecule has 0 unspecified atom stereocenters. The molecule has 0 aliphatic heterocycles. The maximum atomic E-state index is 11.3. The van der Waals surface area contributed by atoms with Crippen molar-refractivity contribution in [1.29, 1.82) is 0 Å². The molecule has 0 spiro atoms. The van der Waals surface area contributed by atoms with E-state index in [1.54, 1.807) is 12.3 Å². The average molecular weight is 262 g/mol. The van der Waals surface area contributed by atoms with Gasteiger partial charge in [-0.2, -0.15) is 0 Å². The van der Waals surface area contributed by atoms with Gasteiger partial charge in [-0.3, -0.25) is 20.1 Å². The summed E-state index contributed by atoms with van der Waals surface area (Å²) in [5.41, 5.74) is 3.61. The topological polar surface area (TPSA) is 71.2 Å². The summed E-state index contributed by atoms with van der Waals surface area (Å²) in [6.07, 6.45) is 5.46. The second-order valence-electron chi connectivity index (χ2n) is 5.19. The number of hydrogen-bond donors (Lipinski definition) is 2. The number of hydrogen-bond acceptors (Lipinski definition) is 4. The van der Waals surface area contributed by atoms with Gasteiger partial charge in [-0.05, 0) is 43.9 Å². The van der Waals surface area contributed by atoms with Gasteiger partial charge >= 0.3 is 0 Å². The lowest BCUT2D eigenvalue weighted by molar-refractivity contribution is 0.0953. The fraction of sp³-hybridized carbons (Fsp3) is 0.571. The van der Waals surface area contributed by atoms with Gasteiger partial charge in [-0.1, -0.05) is 6.92 Å². The van der Waals surface area contributed by atoms with E-state index in [9.17, 15) is 4.79 Å². The molecule has 3 N–H and O–H groups in total. The van der Waals surface area contributed by atoms with Crippen molar-refractivity contribution in [2.75, 3.05) is 13.1 Å². The van der Waals surface area contributed by atoms with E-state index in [2.05, 4.69) is 22.2 Å². The number of nitrogens with two attached hydrogens (primary N) is 1. The molecule has 1 aliphatic carbocycles. The second kappa shape index (κ2) is 6.63. The van der Waals surface area contributed by atoms with E-state index < -0.39 is 0 Å². The predicted octanol–water partition coefficient (Wildman–Crippen LogP) is 1.31. The molecule has 1 saturated carbocycles. The largest absolute Gasteiger partial charge is 0.297 e. The van der Waals surface area contributed by atoms with Crippen LogP contribution in [0.15, 0.2) is 18.3 Å². The normalized spacial score (nSPS) is 14.7. The molecule has 1 heterocycles. The molecule has 1 amide bonds. The molecular formula is C14H22N4O. The molecule has 1 aliphatic rings. The van der Waals surface area contributed by atoms with Crippen LogP contribution in [0.2, 0.25) is 0 Å². The van der Waals surface area contributed by atoms with Crippen molar-refractivity contribution < 1.29 is 4.79 Å². The van der Waals surface area contributed by atoms with Gasteiger partial charge in [0.1, 0.15) is 0 Å². The number of rotatable bonds is 7. The molecule has 1 aromatic rings. The van der Waals surface area contributed by atoms with Crippen LogP contribution in [0.4, 0.5) is 0 Å². The van der Waals surface area contributed by atoms with E-state index in [1.165, 1.54) is 19.4 Å². The number of hydrazine groups is 1. The fourth-order valence-corrected chi connectivity index (χ4v) is 2.18. The third-order valence-electron chi connectivity index (χ3n) is 3.36. The van der Waals surface area contributed by atoms with E-state index in [0.717, 1.165) is 31.1 Å². The van der Waals surface area contributed by atoms with Gasteiger partial charge in [0.25, 0.3) is 5.91 Å². The minimum absolute atomic E-state index is 0.303. The molecule has 5 heteroatoms. The van der Waals surface area contributed by atoms with Crippen molar-refractivity contribution in [2.45, 2.75) is 32.7 Å². The zero-order valence-electron chi connectivity index (χ0n) is 11.4. The minimum Gasteiger partial charge on any atom is -0.297 e. The molecule has 0 aromatic carbocycles. The number of nitrogen functional groups attached to an aromatic ring is 1. The molecule has 1 fully saturated rings. The molecule has 1 aromatic heterocycles. The van der Waals surface area contributed by atoms with Crippen molar-refractivity contribution >= 4 is 5.91 Å². The van der Waals surface area contributed by atoms with Crippen molar-refractivity contribution in [3.63, 3.8) is 0 Å². The number of amides is 1. The van der Waals surface area contributed by atoms with Crippen molar-refractivity contribution in [1.82, 2.24) is 15.3 Å². The van der Waals surface area contributed by atoms with E-state index >= 15 is 0 Å². The Hall–Kier alpha value is -1.46. The average Bonchev–Trinajstić information content (AvgIpc) is 3.23. The summed E-state index contributed by atoms with van der Waals surface area (Å²) in [4.78, 5) is 18.1. The highest BCUT2D eigenvalue weighted by molar-refractivity contribution is 5.93. The Balaban J connectivity index is 1.93. The molecule has 2 rings (SSSR count). The first-order valence-electron chi connectivity index (χ1n) is 6.91. The SMILES string of the molecule is CCCN(Cc1ccc(C(=O)NN)cn1)CC1CC1. The van der Waals surface area contributed by atoms with Gasteiger partial charge in [-0.25, -0.2) is 5.84 Å². The highest BCUT2D eigenvalue weighted by Gasteiger charge is 2.24. The van der Waals surface area contributed by atoms with Gasteiger partial charge in [0, 0.05) is 19.3 Å². The summed E-state index contributed by atoms with van der Waals surface area (Å²) < 4.78 is 0. The third kappa shape index (κ3) is 4.29. The van der Waals surface area contributed by atoms with Gasteiger partial charge < -0.3 is 0 Å². The molecule has 0 bridgehead atoms. The number of aromatic nitrogens is 1. The maximum Gasteiger partial charge on any atom is 0.266 e. The lowest BCUT2D eigenvalue weighted by Gasteiger charge is -2.21. The summed E-state index contributed by atoms with van der Waals surface area (Å²) in [6.45, 7) is 5.32. The number of carbonyl (C=O) groups is 1. The summed E-state index contributed by atoms with van der Waals surface area (Å²) in [6, 6.07) is 3.67. The zero-order chi connectivity index (χ0) is 13.7. The van der Waals surface area contributed by atoms with Gasteiger partial charge in [0.15, 0.2) is 0 Å². The van der Waals surface area contributed by atoms with Crippen molar-refractivity contribution in [3.05, 3.63) is 29.6 Å². The van der Waals surface area contributed by atoms with Crippen LogP contribution in [0.3, 0.4) is 0 Å². The smallest absolute Gasteiger partial charge is 0.266 e. The Morgan fingerprint density at radius 2 is 2.32 bits per heavy atom. The minimum atomic E-state index is -0.303. The highest BCUT2D eigenvalue weighted by Crippen LogP contribution is 2.30. The van der Waals surface area contributed by atoms with Crippen molar-refractivity contribution in [2.24, 2.45) is 11.8 Å². The first-order chi connectivity index (χ1) is 9.22. The first kappa shape index (κ1) is 14.0. The standard InChI is InChI=1S/C14H22N4O/c1-2-7-18(9-11-3-4-11)10-13-6-5-12(8-16-13)14(19)17-15/h5-6,8,11H,2-4,7,9-10,15H2,1H3,(H,17,19). The van der Waals surface area contributed by atoms with E-state index in [1.807, 2.05) is 6.07 Å². The second-order valence-corrected chi connectivity index (χ2v) is 5.19. The molecule has 0 saturated heterocycles. The zero-order valence-corrected chi connectivity index (χ0v) is 11.4. The predicted molar refractivity (Wildman–Crippen MR) is 74.2 cm³/mol. The summed E-state index contributed by atoms with van der Waals surface area (Å²) in [7, 11) is 0. The highest BCUT2D eigenvalue weighted by atomic mass is 16.2. The molecule has 104 valence electrons. The van der Waals surface area contributed by atoms with Crippen LogP contribution in [0.25, 0.3) is 0 Å². The lowest BCUT2D eigenvalue weighted by atomic mass is 10.2. The number of nitrogens with zero attached hydrogens (tertiary/aromatic N) is 2. The quantitative estimate of drug-likeness (QED) is 0.441. The van der Waals surface area contributed by atoms with E-state index in [4.69, 9.17) is 5.84 Å². The Morgan fingerprint density at radius 3 is 2.84 bits per heavy atom. The van der Waals surface area contributed by atoms with Crippen molar-refractivity contribution in [3.8, 4) is 0 Å². The molecule has 5 nitrogen and oxygen atoms in total. The van der Waals surface area contributed by atoms with Crippen LogP contribution in [0.1, 0.15) is 42.2 Å². The van der Waals surface area contributed by atoms with Crippen LogP contribution in [0.5, 0.6) is 0 Å². The molecule has 19 heavy (non-hydrogen) atoms. The number of carbonyl (C=O) groups excluding carboxylic acids is 1. The van der Waals surface area contributed by atoms with Gasteiger partial charge in [-0.15, -0.1) is 0 Å². The van der Waals surface area contributed by atoms with E-state index in [0.29, 0.717) is 5.56 Å². The van der Waals surface area contributed by atoms with E-state index in [-0.39, 0.29) is 5.91 Å². The molecule has 0 atom stereocenters. The van der Waals surface area contributed by atoms with Gasteiger partial charge in [0.05, 0.1) is 11.3 Å². The van der Waals surface area contributed by atoms with Crippen LogP contribution < -0.4 is 11.3 Å². The van der Waals surface area contributed by atoms with Crippen LogP contribution in [0, 0.1) is 5.92 Å². The van der Waals surface area contributed by atoms with Crippen LogP contribution in [-0.4, -0.2) is 28.9 Å². The van der Waals surface area contributed by atoms with Crippen LogP contribution in [-0.2, 0) is 6.54 Å². The lowest BCUT2D eigenvalue weighted by Crippen LogP contribution is -2.30. The third-order valence-corrected chi connectivity index (χ3v) is 3.36. The monoisotopic (exact) mass is 262 g/mol. The van der Waals surface area contributed by atoms with Crippen LogP contribution >= 0.6 is 0 Å². The Labute approximate surface area is 114 Å². The number of pyridine rings is 1. The maximum absolute atomic E-state index is 11.3. The Morgan fingerprint density at radius 1 is 1.53 bits per heavy atom. The number of nitrogens with one attached hydrogen (secondary N) is 1. The molecule has 0 radical (unpaired) electrons. The Kier molecular flexibility index (Phi) is 4.87.